The van der Waals surface area contributed by atoms with E-state index in [0.29, 0.717) is 5.03 Å². The number of H-pyrrole nitrogens is 1. The standard InChI is InChI=1S/C6H7N3O3S/c7-6-8-3(10)1-4(9-6)13-2-5(11)12/h1H,2H2,(H,11,12)(H3,7,8,9,10). The van der Waals surface area contributed by atoms with Gasteiger partial charge in [-0.05, 0) is 0 Å². The number of carboxylic acids is 1. The monoisotopic (exact) mass is 201 g/mol. The van der Waals surface area contributed by atoms with E-state index in [4.69, 9.17) is 10.8 Å². The van der Waals surface area contributed by atoms with Crippen molar-refractivity contribution in [2.75, 3.05) is 11.5 Å². The van der Waals surface area contributed by atoms with Crippen molar-refractivity contribution >= 4 is 23.7 Å². The van der Waals surface area contributed by atoms with Gasteiger partial charge in [0.05, 0.1) is 5.75 Å². The lowest BCUT2D eigenvalue weighted by Gasteiger charge is -1.97. The van der Waals surface area contributed by atoms with E-state index in [1.54, 1.807) is 0 Å². The van der Waals surface area contributed by atoms with Crippen molar-refractivity contribution in [1.29, 1.82) is 0 Å². The van der Waals surface area contributed by atoms with E-state index >= 15 is 0 Å². The van der Waals surface area contributed by atoms with E-state index in [1.165, 1.54) is 6.07 Å². The molecule has 0 aliphatic heterocycles. The molecule has 0 spiro atoms. The van der Waals surface area contributed by atoms with Gasteiger partial charge in [0.15, 0.2) is 0 Å². The molecule has 0 bridgehead atoms. The lowest BCUT2D eigenvalue weighted by molar-refractivity contribution is -0.133. The molecule has 0 saturated heterocycles. The van der Waals surface area contributed by atoms with Crippen molar-refractivity contribution in [3.63, 3.8) is 0 Å². The fraction of sp³-hybridized carbons (Fsp3) is 0.167. The maximum Gasteiger partial charge on any atom is 0.313 e. The summed E-state index contributed by atoms with van der Waals surface area (Å²) in [5, 5.41) is 8.66. The molecule has 1 aromatic heterocycles. The topological polar surface area (TPSA) is 109 Å². The lowest BCUT2D eigenvalue weighted by atomic mass is 10.6. The van der Waals surface area contributed by atoms with Gasteiger partial charge in [0.25, 0.3) is 5.56 Å². The zero-order valence-electron chi connectivity index (χ0n) is 6.48. The molecule has 13 heavy (non-hydrogen) atoms. The average molecular weight is 201 g/mol. The number of carbonyl (C=O) groups is 1. The second-order valence-electron chi connectivity index (χ2n) is 2.15. The number of aromatic amines is 1. The van der Waals surface area contributed by atoms with Crippen molar-refractivity contribution in [2.24, 2.45) is 0 Å². The van der Waals surface area contributed by atoms with Gasteiger partial charge >= 0.3 is 5.97 Å². The number of carboxylic acid groups (broad SMARTS) is 1. The van der Waals surface area contributed by atoms with E-state index in [0.717, 1.165) is 11.8 Å². The van der Waals surface area contributed by atoms with Gasteiger partial charge in [-0.2, -0.15) is 0 Å². The molecule has 7 heteroatoms. The van der Waals surface area contributed by atoms with Gasteiger partial charge in [0.1, 0.15) is 5.03 Å². The SMILES string of the molecule is Nc1nc(SCC(=O)O)cc(=O)[nH]1. The molecule has 0 radical (unpaired) electrons. The smallest absolute Gasteiger partial charge is 0.313 e. The number of rotatable bonds is 3. The Hall–Kier alpha value is -1.50. The molecule has 0 aliphatic rings. The average Bonchev–Trinajstić information content (AvgIpc) is 1.99. The van der Waals surface area contributed by atoms with Crippen molar-refractivity contribution in [3.05, 3.63) is 16.4 Å². The zero-order chi connectivity index (χ0) is 9.84. The van der Waals surface area contributed by atoms with E-state index in [9.17, 15) is 9.59 Å². The number of aliphatic carboxylic acids is 1. The number of nitrogen functional groups attached to an aromatic ring is 1. The predicted octanol–water partition coefficient (Wildman–Crippen LogP) is -0.471. The normalized spacial score (nSPS) is 9.85. The van der Waals surface area contributed by atoms with Crippen LogP contribution in [0.15, 0.2) is 15.9 Å². The third-order valence-corrected chi connectivity index (χ3v) is 1.98. The first kappa shape index (κ1) is 9.59. The molecule has 0 saturated carbocycles. The van der Waals surface area contributed by atoms with Crippen LogP contribution in [-0.2, 0) is 4.79 Å². The first-order chi connectivity index (χ1) is 6.08. The summed E-state index contributed by atoms with van der Waals surface area (Å²) >= 11 is 0.946. The molecule has 0 unspecified atom stereocenters. The van der Waals surface area contributed by atoms with Crippen molar-refractivity contribution in [2.45, 2.75) is 5.03 Å². The number of nitrogens with zero attached hydrogens (tertiary/aromatic N) is 1. The molecular weight excluding hydrogens is 194 g/mol. The van der Waals surface area contributed by atoms with E-state index in [-0.39, 0.29) is 17.3 Å². The van der Waals surface area contributed by atoms with Gasteiger partial charge in [-0.25, -0.2) is 4.98 Å². The first-order valence-corrected chi connectivity index (χ1v) is 4.28. The molecule has 0 amide bonds. The summed E-state index contributed by atoms with van der Waals surface area (Å²) in [6, 6.07) is 1.20. The van der Waals surface area contributed by atoms with Crippen molar-refractivity contribution in [1.82, 2.24) is 9.97 Å². The highest BCUT2D eigenvalue weighted by Gasteiger charge is 2.02. The van der Waals surface area contributed by atoms with Crippen LogP contribution in [0.25, 0.3) is 0 Å². The maximum absolute atomic E-state index is 10.8. The van der Waals surface area contributed by atoms with Crippen LogP contribution in [-0.4, -0.2) is 26.8 Å². The van der Waals surface area contributed by atoms with Crippen LogP contribution in [0.1, 0.15) is 0 Å². The molecule has 4 N–H and O–H groups in total. The number of hydrogen-bond donors (Lipinski definition) is 3. The van der Waals surface area contributed by atoms with Crippen LogP contribution in [0.3, 0.4) is 0 Å². The fourth-order valence-corrected chi connectivity index (χ4v) is 1.29. The van der Waals surface area contributed by atoms with Crippen LogP contribution in [0, 0.1) is 0 Å². The summed E-state index contributed by atoms with van der Waals surface area (Å²) in [6.45, 7) is 0. The highest BCUT2D eigenvalue weighted by atomic mass is 32.2. The Morgan fingerprint density at radius 2 is 2.46 bits per heavy atom. The zero-order valence-corrected chi connectivity index (χ0v) is 7.30. The quantitative estimate of drug-likeness (QED) is 0.450. The minimum absolute atomic E-state index is 0.0135. The molecule has 70 valence electrons. The summed E-state index contributed by atoms with van der Waals surface area (Å²) in [5.41, 5.74) is 4.85. The number of anilines is 1. The Bertz CT molecular complexity index is 376. The van der Waals surface area contributed by atoms with Crippen LogP contribution >= 0.6 is 11.8 Å². The maximum atomic E-state index is 10.8. The molecule has 0 atom stereocenters. The molecular formula is C6H7N3O3S. The number of thioether (sulfide) groups is 1. The molecule has 1 heterocycles. The van der Waals surface area contributed by atoms with Crippen LogP contribution < -0.4 is 11.3 Å². The van der Waals surface area contributed by atoms with Crippen molar-refractivity contribution in [3.8, 4) is 0 Å². The number of aromatic nitrogens is 2. The molecule has 0 aromatic carbocycles. The minimum atomic E-state index is -0.967. The molecule has 6 nitrogen and oxygen atoms in total. The predicted molar refractivity (Wildman–Crippen MR) is 47.6 cm³/mol. The van der Waals surface area contributed by atoms with Gasteiger partial charge < -0.3 is 10.8 Å². The summed E-state index contributed by atoms with van der Waals surface area (Å²) in [6.07, 6.45) is 0. The minimum Gasteiger partial charge on any atom is -0.481 e. The van der Waals surface area contributed by atoms with Crippen LogP contribution in [0.4, 0.5) is 5.95 Å². The summed E-state index contributed by atoms with van der Waals surface area (Å²) < 4.78 is 0. The summed E-state index contributed by atoms with van der Waals surface area (Å²) in [7, 11) is 0. The van der Waals surface area contributed by atoms with E-state index in [2.05, 4.69) is 9.97 Å². The van der Waals surface area contributed by atoms with Gasteiger partial charge in [0, 0.05) is 6.07 Å². The van der Waals surface area contributed by atoms with Gasteiger partial charge in [-0.15, -0.1) is 0 Å². The molecule has 1 aromatic rings. The van der Waals surface area contributed by atoms with E-state index in [1.807, 2.05) is 0 Å². The third-order valence-electron chi connectivity index (χ3n) is 1.08. The first-order valence-electron chi connectivity index (χ1n) is 3.29. The van der Waals surface area contributed by atoms with Crippen molar-refractivity contribution < 1.29 is 9.90 Å². The number of nitrogens with two attached hydrogens (primary N) is 1. The molecule has 0 fully saturated rings. The Balaban J connectivity index is 2.77. The highest BCUT2D eigenvalue weighted by Crippen LogP contribution is 2.12. The molecule has 1 rings (SSSR count). The Morgan fingerprint density at radius 3 is 3.00 bits per heavy atom. The number of hydrogen-bond acceptors (Lipinski definition) is 5. The van der Waals surface area contributed by atoms with Gasteiger partial charge in [-0.3, -0.25) is 14.6 Å². The van der Waals surface area contributed by atoms with Crippen LogP contribution in [0.2, 0.25) is 0 Å². The molecule has 0 aliphatic carbocycles. The Morgan fingerprint density at radius 1 is 1.77 bits per heavy atom. The van der Waals surface area contributed by atoms with E-state index < -0.39 is 5.97 Å². The van der Waals surface area contributed by atoms with Gasteiger partial charge in [0.2, 0.25) is 5.95 Å². The summed E-state index contributed by atoms with van der Waals surface area (Å²) in [5.74, 6) is -1.12. The second kappa shape index (κ2) is 3.94. The largest absolute Gasteiger partial charge is 0.481 e. The van der Waals surface area contributed by atoms with Gasteiger partial charge in [-0.1, -0.05) is 11.8 Å². The fourth-order valence-electron chi connectivity index (χ4n) is 0.663. The summed E-state index contributed by atoms with van der Waals surface area (Å²) in [4.78, 5) is 27.0. The Labute approximate surface area is 77.2 Å². The number of nitrogens with one attached hydrogen (secondary N) is 1. The lowest BCUT2D eigenvalue weighted by Crippen LogP contribution is -2.10. The Kier molecular flexibility index (Phi) is 2.91. The third kappa shape index (κ3) is 3.16. The highest BCUT2D eigenvalue weighted by molar-refractivity contribution is 7.99. The second-order valence-corrected chi connectivity index (χ2v) is 3.15. The van der Waals surface area contributed by atoms with Crippen LogP contribution in [0.5, 0.6) is 0 Å².